The van der Waals surface area contributed by atoms with Gasteiger partial charge >= 0.3 is 0 Å². The molecule has 1 aliphatic heterocycles. The fourth-order valence-corrected chi connectivity index (χ4v) is 5.78. The van der Waals surface area contributed by atoms with E-state index in [4.69, 9.17) is 4.98 Å². The molecular formula is C18H20N4OS2. The number of rotatable bonds is 3. The highest BCUT2D eigenvalue weighted by Gasteiger charge is 2.30. The number of thiophene rings is 1. The van der Waals surface area contributed by atoms with Crippen LogP contribution in [0.5, 0.6) is 0 Å². The fraction of sp³-hybridized carbons (Fsp3) is 0.389. The Morgan fingerprint density at radius 2 is 2.28 bits per heavy atom. The molecular weight excluding hydrogens is 352 g/mol. The number of fused-ring (bicyclic) bond motifs is 2. The van der Waals surface area contributed by atoms with Gasteiger partial charge in [-0.15, -0.1) is 22.7 Å². The van der Waals surface area contributed by atoms with Gasteiger partial charge in [0.1, 0.15) is 15.5 Å². The first-order chi connectivity index (χ1) is 12.1. The van der Waals surface area contributed by atoms with Crippen LogP contribution in [0, 0.1) is 0 Å². The highest BCUT2D eigenvalue weighted by atomic mass is 32.1. The van der Waals surface area contributed by atoms with E-state index >= 15 is 0 Å². The van der Waals surface area contributed by atoms with Crippen LogP contribution in [-0.4, -0.2) is 33.4 Å². The molecule has 1 atom stereocenters. The Morgan fingerprint density at radius 1 is 1.44 bits per heavy atom. The highest BCUT2D eigenvalue weighted by molar-refractivity contribution is 7.22. The lowest BCUT2D eigenvalue weighted by Crippen LogP contribution is -2.37. The first-order valence-electron chi connectivity index (χ1n) is 8.44. The quantitative estimate of drug-likeness (QED) is 0.750. The number of aromatic nitrogens is 2. The molecule has 0 bridgehead atoms. The Morgan fingerprint density at radius 3 is 3.00 bits per heavy atom. The lowest BCUT2D eigenvalue weighted by Gasteiger charge is -2.32. The van der Waals surface area contributed by atoms with Crippen LogP contribution in [0.1, 0.15) is 31.2 Å². The Labute approximate surface area is 154 Å². The molecule has 4 rings (SSSR count). The molecule has 0 fully saturated rings. The summed E-state index contributed by atoms with van der Waals surface area (Å²) in [7, 11) is 0. The topological polar surface area (TPSA) is 58.1 Å². The zero-order valence-electron chi connectivity index (χ0n) is 14.5. The molecule has 0 saturated heterocycles. The maximum absolute atomic E-state index is 11.7. The lowest BCUT2D eigenvalue weighted by molar-refractivity contribution is -0.114. The maximum Gasteiger partial charge on any atom is 0.221 e. The van der Waals surface area contributed by atoms with Crippen LogP contribution in [0.2, 0.25) is 0 Å². The molecule has 1 N–H and O–H groups in total. The number of hydrogen-bond donors (Lipinski definition) is 1. The van der Waals surface area contributed by atoms with Crippen LogP contribution in [-0.2, 0) is 17.8 Å². The van der Waals surface area contributed by atoms with Crippen molar-refractivity contribution in [2.75, 3.05) is 11.9 Å². The van der Waals surface area contributed by atoms with Crippen LogP contribution >= 0.6 is 22.7 Å². The largest absolute Gasteiger partial charge is 0.317 e. The number of likely N-dealkylation sites (N-methyl/N-ethyl adjacent to an activating group) is 1. The minimum Gasteiger partial charge on any atom is -0.317 e. The molecule has 130 valence electrons. The molecule has 3 aromatic rings. The summed E-state index contributed by atoms with van der Waals surface area (Å²) >= 11 is 3.36. The summed E-state index contributed by atoms with van der Waals surface area (Å²) in [6.07, 6.45) is 4.58. The summed E-state index contributed by atoms with van der Waals surface area (Å²) in [5.74, 6) is -0.0389. The van der Waals surface area contributed by atoms with Crippen molar-refractivity contribution in [2.45, 2.75) is 39.8 Å². The van der Waals surface area contributed by atoms with E-state index in [1.54, 1.807) is 42.0 Å². The maximum atomic E-state index is 11.7. The van der Waals surface area contributed by atoms with Gasteiger partial charge in [-0.2, -0.15) is 0 Å². The second-order valence-electron chi connectivity index (χ2n) is 6.37. The van der Waals surface area contributed by atoms with Gasteiger partial charge in [-0.3, -0.25) is 14.7 Å². The van der Waals surface area contributed by atoms with Gasteiger partial charge in [0.25, 0.3) is 0 Å². The predicted octanol–water partition coefficient (Wildman–Crippen LogP) is 4.14. The molecule has 3 aromatic heterocycles. The Bertz CT molecular complexity index is 913. The highest BCUT2D eigenvalue weighted by Crippen LogP contribution is 2.46. The number of thiazole rings is 1. The van der Waals surface area contributed by atoms with E-state index in [1.807, 2.05) is 6.07 Å². The van der Waals surface area contributed by atoms with Gasteiger partial charge in [0, 0.05) is 36.1 Å². The molecule has 4 heterocycles. The van der Waals surface area contributed by atoms with Crippen molar-refractivity contribution in [1.29, 1.82) is 0 Å². The lowest BCUT2D eigenvalue weighted by atomic mass is 9.97. The number of carbonyl (C=O) groups is 1. The van der Waals surface area contributed by atoms with Gasteiger partial charge in [-0.25, -0.2) is 4.98 Å². The summed E-state index contributed by atoms with van der Waals surface area (Å²) in [5.41, 5.74) is 3.37. The molecule has 7 heteroatoms. The van der Waals surface area contributed by atoms with Gasteiger partial charge in [0.15, 0.2) is 0 Å². The average Bonchev–Trinajstić information content (AvgIpc) is 3.13. The minimum atomic E-state index is -0.0389. The number of nitrogens with zero attached hydrogens (tertiary/aromatic N) is 3. The van der Waals surface area contributed by atoms with Crippen molar-refractivity contribution in [1.82, 2.24) is 14.9 Å². The molecule has 0 aliphatic carbocycles. The minimum absolute atomic E-state index is 0.0389. The first-order valence-corrected chi connectivity index (χ1v) is 10.1. The Balaban J connectivity index is 1.87. The third kappa shape index (κ3) is 2.96. The molecule has 1 amide bonds. The van der Waals surface area contributed by atoms with E-state index in [2.05, 4.69) is 29.0 Å². The summed E-state index contributed by atoms with van der Waals surface area (Å²) < 4.78 is 1.12. The number of pyridine rings is 1. The summed E-state index contributed by atoms with van der Waals surface area (Å²) in [6.45, 7) is 8.01. The summed E-state index contributed by atoms with van der Waals surface area (Å²) in [6, 6.07) is 2.49. The average molecular weight is 373 g/mol. The van der Waals surface area contributed by atoms with Crippen molar-refractivity contribution in [3.63, 3.8) is 0 Å². The van der Waals surface area contributed by atoms with Crippen LogP contribution in [0.4, 0.5) is 5.00 Å². The van der Waals surface area contributed by atoms with E-state index in [-0.39, 0.29) is 5.91 Å². The van der Waals surface area contributed by atoms with Crippen LogP contribution in [0.3, 0.4) is 0 Å². The van der Waals surface area contributed by atoms with E-state index in [1.165, 1.54) is 10.4 Å². The molecule has 0 radical (unpaired) electrons. The van der Waals surface area contributed by atoms with Gasteiger partial charge in [0.05, 0.1) is 10.9 Å². The number of amides is 1. The molecule has 5 nitrogen and oxygen atoms in total. The number of hydrogen-bond acceptors (Lipinski definition) is 6. The van der Waals surface area contributed by atoms with Crippen molar-refractivity contribution in [3.8, 4) is 10.6 Å². The second kappa shape index (κ2) is 6.48. The third-order valence-corrected chi connectivity index (χ3v) is 6.85. The molecule has 0 saturated carbocycles. The number of carbonyl (C=O) groups excluding carboxylic acids is 1. The molecule has 1 aliphatic rings. The van der Waals surface area contributed by atoms with Crippen LogP contribution in [0.15, 0.2) is 18.5 Å². The molecule has 1 unspecified atom stereocenters. The zero-order chi connectivity index (χ0) is 17.6. The Kier molecular flexibility index (Phi) is 4.31. The van der Waals surface area contributed by atoms with Gasteiger partial charge in [-0.05, 0) is 31.5 Å². The van der Waals surface area contributed by atoms with Crippen molar-refractivity contribution in [2.24, 2.45) is 0 Å². The predicted molar refractivity (Wildman–Crippen MR) is 104 cm³/mol. The zero-order valence-corrected chi connectivity index (χ0v) is 16.1. The van der Waals surface area contributed by atoms with Gasteiger partial charge < -0.3 is 5.32 Å². The van der Waals surface area contributed by atoms with Gasteiger partial charge in [0.2, 0.25) is 5.91 Å². The summed E-state index contributed by atoms with van der Waals surface area (Å²) in [5, 5.41) is 4.93. The van der Waals surface area contributed by atoms with Crippen molar-refractivity contribution in [3.05, 3.63) is 28.9 Å². The van der Waals surface area contributed by atoms with Gasteiger partial charge in [-0.1, -0.05) is 6.92 Å². The number of nitrogens with one attached hydrogen (secondary N) is 1. The van der Waals surface area contributed by atoms with Crippen LogP contribution in [0.25, 0.3) is 20.8 Å². The standard InChI is InChI=1S/C18H20N4OS2/c1-4-22-9-15-12(7-10(22)2)16(17(25-15)20-11(3)23)18-21-13-8-19-6-5-14(13)24-18/h5-6,8,10H,4,7,9H2,1-3H3,(H,20,23). The fourth-order valence-electron chi connectivity index (χ4n) is 3.41. The van der Waals surface area contributed by atoms with Crippen LogP contribution < -0.4 is 5.32 Å². The van der Waals surface area contributed by atoms with E-state index in [9.17, 15) is 4.79 Å². The van der Waals surface area contributed by atoms with Crippen molar-refractivity contribution >= 4 is 43.8 Å². The normalized spacial score (nSPS) is 17.6. The van der Waals surface area contributed by atoms with E-state index in [0.29, 0.717) is 6.04 Å². The van der Waals surface area contributed by atoms with E-state index in [0.717, 1.165) is 45.3 Å². The van der Waals surface area contributed by atoms with E-state index < -0.39 is 0 Å². The smallest absolute Gasteiger partial charge is 0.221 e. The monoisotopic (exact) mass is 372 g/mol. The first kappa shape index (κ1) is 16.6. The molecule has 0 aromatic carbocycles. The molecule has 0 spiro atoms. The SMILES string of the molecule is CCN1Cc2sc(NC(C)=O)c(-c3nc4cnccc4s3)c2CC1C. The third-order valence-electron chi connectivity index (χ3n) is 4.66. The Hall–Kier alpha value is -1.83. The summed E-state index contributed by atoms with van der Waals surface area (Å²) in [4.78, 5) is 24.5. The number of anilines is 1. The second-order valence-corrected chi connectivity index (χ2v) is 8.50. The molecule has 25 heavy (non-hydrogen) atoms. The van der Waals surface area contributed by atoms with Crippen molar-refractivity contribution < 1.29 is 4.79 Å².